The number of carbonyl (C=O) groups excluding carboxylic acids is 1. The van der Waals surface area contributed by atoms with Crippen molar-refractivity contribution < 1.29 is 9.53 Å². The molecule has 25 heavy (non-hydrogen) atoms. The third-order valence-corrected chi connectivity index (χ3v) is 3.97. The van der Waals surface area contributed by atoms with Crippen LogP contribution in [-0.4, -0.2) is 25.7 Å². The number of benzene rings is 1. The Balaban J connectivity index is 1.69. The van der Waals surface area contributed by atoms with Gasteiger partial charge in [0.25, 0.3) is 0 Å². The molecule has 7 nitrogen and oxygen atoms in total. The van der Waals surface area contributed by atoms with Gasteiger partial charge in [0.1, 0.15) is 5.82 Å². The molecule has 0 aliphatic heterocycles. The van der Waals surface area contributed by atoms with Gasteiger partial charge in [-0.25, -0.2) is 14.8 Å². The van der Waals surface area contributed by atoms with Gasteiger partial charge in [0, 0.05) is 29.8 Å². The Hall–Kier alpha value is -3.22. The molecule has 0 amide bonds. The number of aromatic nitrogens is 4. The summed E-state index contributed by atoms with van der Waals surface area (Å²) in [7, 11) is 1.86. The molecule has 0 saturated carbocycles. The zero-order chi connectivity index (χ0) is 18.0. The lowest BCUT2D eigenvalue weighted by Crippen LogP contribution is -2.06. The first-order valence-electron chi connectivity index (χ1n) is 7.82. The molecule has 7 heteroatoms. The Labute approximate surface area is 145 Å². The summed E-state index contributed by atoms with van der Waals surface area (Å²) < 4.78 is 6.98. The number of carbonyl (C=O) groups is 1. The fraction of sp³-hybridized carbons (Fsp3) is 0.222. The van der Waals surface area contributed by atoms with Gasteiger partial charge in [-0.2, -0.15) is 5.10 Å². The molecule has 0 aliphatic carbocycles. The molecule has 0 unspecified atom stereocenters. The minimum atomic E-state index is -0.474. The molecule has 3 rings (SSSR count). The molecule has 2 N–H and O–H groups in total. The van der Waals surface area contributed by atoms with Crippen molar-refractivity contribution in [1.29, 1.82) is 0 Å². The van der Waals surface area contributed by atoms with Gasteiger partial charge in [-0.15, -0.1) is 0 Å². The van der Waals surface area contributed by atoms with Crippen LogP contribution in [0.2, 0.25) is 0 Å². The van der Waals surface area contributed by atoms with E-state index >= 15 is 0 Å². The molecule has 1 aromatic carbocycles. The molecular weight excluding hydrogens is 318 g/mol. The molecule has 0 saturated heterocycles. The van der Waals surface area contributed by atoms with Crippen LogP contribution in [-0.2, 0) is 23.2 Å². The molecule has 0 bridgehead atoms. The minimum Gasteiger partial charge on any atom is -0.454 e. The van der Waals surface area contributed by atoms with Crippen LogP contribution in [0, 0.1) is 13.8 Å². The maximum absolute atomic E-state index is 11.9. The minimum absolute atomic E-state index is 0.0385. The second kappa shape index (κ2) is 6.72. The van der Waals surface area contributed by atoms with Gasteiger partial charge < -0.3 is 10.5 Å². The third-order valence-electron chi connectivity index (χ3n) is 3.97. The summed E-state index contributed by atoms with van der Waals surface area (Å²) in [5.41, 5.74) is 9.38. The van der Waals surface area contributed by atoms with E-state index in [1.165, 1.54) is 6.08 Å². The first-order chi connectivity index (χ1) is 12.0. The number of rotatable bonds is 4. The van der Waals surface area contributed by atoms with Gasteiger partial charge in [0.2, 0.25) is 0 Å². The van der Waals surface area contributed by atoms with Crippen LogP contribution in [0.15, 0.2) is 30.3 Å². The SMILES string of the molecule is Cc1nn(C)c(C)c1/C=C/C(=O)OCc1nc(N)c2ccccc2n1. The van der Waals surface area contributed by atoms with E-state index in [9.17, 15) is 4.79 Å². The van der Waals surface area contributed by atoms with E-state index in [1.54, 1.807) is 10.8 Å². The molecular formula is C18H19N5O2. The first-order valence-corrected chi connectivity index (χ1v) is 7.82. The zero-order valence-corrected chi connectivity index (χ0v) is 14.4. The highest BCUT2D eigenvalue weighted by atomic mass is 16.5. The Morgan fingerprint density at radius 1 is 1.28 bits per heavy atom. The van der Waals surface area contributed by atoms with Crippen LogP contribution in [0.1, 0.15) is 22.8 Å². The predicted octanol–water partition coefficient (Wildman–Crippen LogP) is 2.32. The van der Waals surface area contributed by atoms with E-state index in [2.05, 4.69) is 15.1 Å². The number of nitrogen functional groups attached to an aromatic ring is 1. The van der Waals surface area contributed by atoms with Gasteiger partial charge in [0.15, 0.2) is 12.4 Å². The molecule has 0 fully saturated rings. The third kappa shape index (κ3) is 3.50. The normalized spacial score (nSPS) is 11.3. The largest absolute Gasteiger partial charge is 0.454 e. The molecule has 3 aromatic rings. The van der Waals surface area contributed by atoms with Crippen molar-refractivity contribution in [3.63, 3.8) is 0 Å². The Morgan fingerprint density at radius 3 is 2.76 bits per heavy atom. The quantitative estimate of drug-likeness (QED) is 0.580. The summed E-state index contributed by atoms with van der Waals surface area (Å²) in [6.07, 6.45) is 3.08. The number of ether oxygens (including phenoxy) is 1. The monoisotopic (exact) mass is 337 g/mol. The van der Waals surface area contributed by atoms with Gasteiger partial charge in [-0.3, -0.25) is 4.68 Å². The summed E-state index contributed by atoms with van der Waals surface area (Å²) in [6, 6.07) is 7.43. The second-order valence-electron chi connectivity index (χ2n) is 5.69. The lowest BCUT2D eigenvalue weighted by molar-refractivity contribution is -0.139. The second-order valence-corrected chi connectivity index (χ2v) is 5.69. The number of nitrogens with zero attached hydrogens (tertiary/aromatic N) is 4. The molecule has 2 aromatic heterocycles. The van der Waals surface area contributed by atoms with Crippen LogP contribution in [0.25, 0.3) is 17.0 Å². The molecule has 0 radical (unpaired) electrons. The predicted molar refractivity (Wildman–Crippen MR) is 95.5 cm³/mol. The number of nitrogens with two attached hydrogens (primary N) is 1. The molecule has 128 valence electrons. The fourth-order valence-electron chi connectivity index (χ4n) is 2.58. The average Bonchev–Trinajstić information content (AvgIpc) is 2.83. The summed E-state index contributed by atoms with van der Waals surface area (Å²) in [5, 5.41) is 5.08. The van der Waals surface area contributed by atoms with Gasteiger partial charge in [0.05, 0.1) is 11.2 Å². The maximum atomic E-state index is 11.9. The Morgan fingerprint density at radius 2 is 2.04 bits per heavy atom. The van der Waals surface area contributed by atoms with E-state index in [0.29, 0.717) is 11.6 Å². The zero-order valence-electron chi connectivity index (χ0n) is 14.4. The highest BCUT2D eigenvalue weighted by molar-refractivity contribution is 5.88. The van der Waals surface area contributed by atoms with E-state index in [4.69, 9.17) is 10.5 Å². The molecule has 2 heterocycles. The number of para-hydroxylation sites is 1. The van der Waals surface area contributed by atoms with Gasteiger partial charge in [-0.05, 0) is 32.1 Å². The average molecular weight is 337 g/mol. The number of hydrogen-bond acceptors (Lipinski definition) is 6. The van der Waals surface area contributed by atoms with E-state index in [-0.39, 0.29) is 6.61 Å². The Kier molecular flexibility index (Phi) is 4.47. The number of esters is 1. The van der Waals surface area contributed by atoms with Gasteiger partial charge in [-0.1, -0.05) is 12.1 Å². The number of fused-ring (bicyclic) bond motifs is 1. The summed E-state index contributed by atoms with van der Waals surface area (Å²) >= 11 is 0. The number of aryl methyl sites for hydroxylation is 2. The van der Waals surface area contributed by atoms with E-state index in [1.807, 2.05) is 45.2 Å². The van der Waals surface area contributed by atoms with Crippen molar-refractivity contribution in [2.45, 2.75) is 20.5 Å². The Bertz CT molecular complexity index is 975. The van der Waals surface area contributed by atoms with Crippen LogP contribution < -0.4 is 5.73 Å². The van der Waals surface area contributed by atoms with Crippen molar-refractivity contribution in [3.8, 4) is 0 Å². The maximum Gasteiger partial charge on any atom is 0.331 e. The summed E-state index contributed by atoms with van der Waals surface area (Å²) in [6.45, 7) is 3.80. The summed E-state index contributed by atoms with van der Waals surface area (Å²) in [4.78, 5) is 20.5. The standard InChI is InChI=1S/C18H19N5O2/c1-11-13(12(2)23(3)22-11)8-9-17(24)25-10-16-20-15-7-5-4-6-14(15)18(19)21-16/h4-9H,10H2,1-3H3,(H2,19,20,21)/b9-8+. The van der Waals surface area contributed by atoms with Crippen LogP contribution in [0.4, 0.5) is 5.82 Å². The smallest absolute Gasteiger partial charge is 0.331 e. The van der Waals surface area contributed by atoms with Crippen LogP contribution in [0.5, 0.6) is 0 Å². The van der Waals surface area contributed by atoms with Crippen LogP contribution >= 0.6 is 0 Å². The van der Waals surface area contributed by atoms with Crippen molar-refractivity contribution in [2.75, 3.05) is 5.73 Å². The number of anilines is 1. The molecule has 0 spiro atoms. The molecule has 0 atom stereocenters. The summed E-state index contributed by atoms with van der Waals surface area (Å²) in [5.74, 6) is 0.262. The first kappa shape index (κ1) is 16.6. The number of hydrogen-bond donors (Lipinski definition) is 1. The lowest BCUT2D eigenvalue weighted by Gasteiger charge is -2.05. The van der Waals surface area contributed by atoms with Crippen molar-refractivity contribution >= 4 is 28.8 Å². The van der Waals surface area contributed by atoms with Crippen LogP contribution in [0.3, 0.4) is 0 Å². The fourth-order valence-corrected chi connectivity index (χ4v) is 2.58. The van der Waals surface area contributed by atoms with E-state index < -0.39 is 5.97 Å². The highest BCUT2D eigenvalue weighted by Gasteiger charge is 2.09. The van der Waals surface area contributed by atoms with Crippen molar-refractivity contribution in [1.82, 2.24) is 19.7 Å². The molecule has 0 aliphatic rings. The topological polar surface area (TPSA) is 95.9 Å². The highest BCUT2D eigenvalue weighted by Crippen LogP contribution is 2.17. The van der Waals surface area contributed by atoms with Crippen molar-refractivity contribution in [3.05, 3.63) is 53.1 Å². The van der Waals surface area contributed by atoms with Crippen molar-refractivity contribution in [2.24, 2.45) is 7.05 Å². The lowest BCUT2D eigenvalue weighted by atomic mass is 10.2. The van der Waals surface area contributed by atoms with E-state index in [0.717, 1.165) is 27.9 Å². The van der Waals surface area contributed by atoms with Gasteiger partial charge >= 0.3 is 5.97 Å².